The molecule has 0 aromatic carbocycles. The van der Waals surface area contributed by atoms with E-state index in [-0.39, 0.29) is 25.7 Å². The summed E-state index contributed by atoms with van der Waals surface area (Å²) in [6, 6.07) is 0. The minimum Gasteiger partial charge on any atom is -0.462 e. The molecule has 0 aliphatic heterocycles. The zero-order valence-corrected chi connectivity index (χ0v) is 69.6. The van der Waals surface area contributed by atoms with Gasteiger partial charge in [0.15, 0.2) is 12.2 Å². The lowest BCUT2D eigenvalue weighted by Crippen LogP contribution is -2.30. The molecule has 0 saturated carbocycles. The van der Waals surface area contributed by atoms with E-state index in [4.69, 9.17) is 37.0 Å². The van der Waals surface area contributed by atoms with Crippen LogP contribution >= 0.6 is 15.6 Å². The molecule has 0 spiro atoms. The highest BCUT2D eigenvalue weighted by molar-refractivity contribution is 7.47. The minimum absolute atomic E-state index is 0.0106. The van der Waals surface area contributed by atoms with Crippen molar-refractivity contribution in [2.45, 2.75) is 303 Å². The van der Waals surface area contributed by atoms with Gasteiger partial charge in [-0.05, 0) is 141 Å². The Labute approximate surface area is 665 Å². The smallest absolute Gasteiger partial charge is 0.462 e. The third-order valence-corrected chi connectivity index (χ3v) is 18.2. The molecular weight excluding hydrogens is 1430 g/mol. The largest absolute Gasteiger partial charge is 0.472 e. The first-order chi connectivity index (χ1) is 53.7. The fourth-order valence-electron chi connectivity index (χ4n) is 10.1. The highest BCUT2D eigenvalue weighted by Gasteiger charge is 2.30. The van der Waals surface area contributed by atoms with Crippen molar-refractivity contribution < 1.29 is 80.2 Å². The molecule has 0 aromatic rings. The Hall–Kier alpha value is -6.36. The predicted octanol–water partition coefficient (Wildman–Crippen LogP) is 24.7. The zero-order chi connectivity index (χ0) is 80.3. The molecule has 0 radical (unpaired) electrons. The highest BCUT2D eigenvalue weighted by Crippen LogP contribution is 2.45. The lowest BCUT2D eigenvalue weighted by molar-refractivity contribution is -0.161. The summed E-state index contributed by atoms with van der Waals surface area (Å²) in [5.41, 5.74) is 0. The number of hydrogen-bond donors (Lipinski definition) is 3. The summed E-state index contributed by atoms with van der Waals surface area (Å²) in [4.78, 5) is 73.0. The molecule has 0 aromatic heterocycles. The molecule has 2 unspecified atom stereocenters. The number of phosphoric acid groups is 2. The molecule has 110 heavy (non-hydrogen) atoms. The summed E-state index contributed by atoms with van der Waals surface area (Å²) in [6.45, 7) is 4.34. The van der Waals surface area contributed by atoms with E-state index in [1.54, 1.807) is 0 Å². The van der Waals surface area contributed by atoms with E-state index in [0.717, 1.165) is 116 Å². The zero-order valence-electron chi connectivity index (χ0n) is 67.8. The second kappa shape index (κ2) is 80.7. The van der Waals surface area contributed by atoms with Crippen molar-refractivity contribution in [3.8, 4) is 0 Å². The van der Waals surface area contributed by atoms with E-state index in [9.17, 15) is 43.2 Å². The molecule has 0 heterocycles. The van der Waals surface area contributed by atoms with Crippen molar-refractivity contribution >= 4 is 39.5 Å². The first-order valence-electron chi connectivity index (χ1n) is 41.3. The van der Waals surface area contributed by atoms with Gasteiger partial charge in [-0.15, -0.1) is 0 Å². The van der Waals surface area contributed by atoms with Gasteiger partial charge in [0.25, 0.3) is 0 Å². The van der Waals surface area contributed by atoms with Gasteiger partial charge in [-0.25, -0.2) is 9.13 Å². The topological polar surface area (TPSA) is 237 Å². The SMILES string of the molecule is CC/C=C\C/C=C\C/C=C\C/C=C\C/C=C\C/C=C\CCC(=O)OC[C@H](COP(=O)(O)OC[C@@H](O)COP(=O)(O)OC[C@@H](COC(=O)CCCCCCCCCCCCCCC)OC(=O)CC/C=C\C/C=C\C/C=C\C/C=C\C/C=C\C/C=C\CC)OC(=O)CC/C=C\C/C=C\C/C=C\C/C=C\C/C=C\CCCCC. The Bertz CT molecular complexity index is 2900. The summed E-state index contributed by atoms with van der Waals surface area (Å²) in [5.74, 6) is -2.49. The first kappa shape index (κ1) is 104. The van der Waals surface area contributed by atoms with E-state index >= 15 is 0 Å². The average Bonchev–Trinajstić information content (AvgIpc) is 0.906. The van der Waals surface area contributed by atoms with Crippen LogP contribution in [-0.2, 0) is 65.4 Å². The number of phosphoric ester groups is 2. The average molecular weight is 1570 g/mol. The van der Waals surface area contributed by atoms with Gasteiger partial charge in [-0.3, -0.25) is 37.3 Å². The van der Waals surface area contributed by atoms with Gasteiger partial charge in [0.1, 0.15) is 19.3 Å². The van der Waals surface area contributed by atoms with Gasteiger partial charge < -0.3 is 33.8 Å². The number of allylic oxidation sites excluding steroid dienone is 34. The van der Waals surface area contributed by atoms with Crippen LogP contribution in [0.4, 0.5) is 0 Å². The maximum Gasteiger partial charge on any atom is 0.472 e. The lowest BCUT2D eigenvalue weighted by Gasteiger charge is -2.21. The molecule has 0 aliphatic carbocycles. The second-order valence-corrected chi connectivity index (χ2v) is 29.5. The summed E-state index contributed by atoms with van der Waals surface area (Å²) in [7, 11) is -10.1. The number of esters is 4. The molecule has 19 heteroatoms. The Morgan fingerprint density at radius 3 is 0.782 bits per heavy atom. The number of carbonyl (C=O) groups is 4. The highest BCUT2D eigenvalue weighted by atomic mass is 31.2. The summed E-state index contributed by atoms with van der Waals surface area (Å²) >= 11 is 0. The van der Waals surface area contributed by atoms with Crippen LogP contribution in [0.5, 0.6) is 0 Å². The van der Waals surface area contributed by atoms with Crippen molar-refractivity contribution in [1.82, 2.24) is 0 Å². The van der Waals surface area contributed by atoms with Crippen LogP contribution in [0, 0.1) is 0 Å². The molecule has 0 saturated heterocycles. The van der Waals surface area contributed by atoms with Gasteiger partial charge in [0, 0.05) is 25.7 Å². The number of aliphatic hydroxyl groups excluding tert-OH is 1. The van der Waals surface area contributed by atoms with Crippen LogP contribution in [0.1, 0.15) is 285 Å². The maximum atomic E-state index is 13.1. The molecular formula is C91H144O17P2. The van der Waals surface area contributed by atoms with Crippen molar-refractivity contribution in [1.29, 1.82) is 0 Å². The van der Waals surface area contributed by atoms with Gasteiger partial charge in [0.05, 0.1) is 26.4 Å². The molecule has 0 rings (SSSR count). The van der Waals surface area contributed by atoms with Gasteiger partial charge in [-0.2, -0.15) is 0 Å². The molecule has 0 amide bonds. The summed E-state index contributed by atoms with van der Waals surface area (Å²) in [6.07, 6.45) is 101. The number of ether oxygens (including phenoxy) is 4. The molecule has 17 nitrogen and oxygen atoms in total. The third-order valence-electron chi connectivity index (χ3n) is 16.3. The second-order valence-electron chi connectivity index (χ2n) is 26.6. The Kier molecular flexibility index (Phi) is 76.0. The van der Waals surface area contributed by atoms with Crippen molar-refractivity contribution in [2.75, 3.05) is 39.6 Å². The van der Waals surface area contributed by atoms with E-state index in [1.165, 1.54) is 70.6 Å². The van der Waals surface area contributed by atoms with Gasteiger partial charge in [-0.1, -0.05) is 324 Å². The summed E-state index contributed by atoms with van der Waals surface area (Å²) < 4.78 is 68.4. The number of aliphatic hydroxyl groups is 1. The van der Waals surface area contributed by atoms with Crippen LogP contribution in [0.3, 0.4) is 0 Å². The monoisotopic (exact) mass is 1570 g/mol. The van der Waals surface area contributed by atoms with Gasteiger partial charge >= 0.3 is 39.5 Å². The third kappa shape index (κ3) is 79.7. The molecule has 0 aliphatic rings. The predicted molar refractivity (Wildman–Crippen MR) is 454 cm³/mol. The molecule has 0 fully saturated rings. The van der Waals surface area contributed by atoms with Crippen molar-refractivity contribution in [3.63, 3.8) is 0 Å². The van der Waals surface area contributed by atoms with E-state index in [0.29, 0.717) is 44.9 Å². The number of carbonyl (C=O) groups excluding carboxylic acids is 4. The maximum absolute atomic E-state index is 13.1. The van der Waals surface area contributed by atoms with Crippen molar-refractivity contribution in [2.24, 2.45) is 0 Å². The standard InChI is InChI=1S/C91H144O17P2/c1-5-9-13-17-21-25-29-33-36-39-42-45-48-52-56-60-64-68-72-76-89(94)102-82-87(108-91(96)78-74-70-66-62-58-54-50-47-44-41-38-35-31-27-23-19-15-11-7-3)84-106-110(99,100)104-80-85(92)79-103-109(97,98)105-83-86(81-101-88(93)75-71-67-63-59-55-51-32-28-24-20-16-12-8-4)107-90(95)77-73-69-65-61-57-53-49-46-43-40-37-34-30-26-22-18-14-10-6-2/h9-10,13-14,21-23,25-27,33-38,42-47,52-54,56-58,64-66,68-70,85-87,92H,5-8,11-12,15-20,24,28-32,39-41,48-51,55,59-63,67,71-84H2,1-4H3,(H,97,98)(H,99,100)/b13-9-,14-10-,25-21-,26-22-,27-23-,36-33-,37-34-,38-35-,45-42-,46-43-,47-44-,56-52-,57-53-,58-54-,68-64-,69-65-,70-66-/t85-,86+,87+/m0/s1. The Morgan fingerprint density at radius 1 is 0.264 bits per heavy atom. The molecule has 5 atom stereocenters. The number of rotatable bonds is 75. The fourth-order valence-corrected chi connectivity index (χ4v) is 11.7. The normalized spacial score (nSPS) is 14.9. The number of unbranched alkanes of at least 4 members (excludes halogenated alkanes) is 15. The van der Waals surface area contributed by atoms with Gasteiger partial charge in [0.2, 0.25) is 0 Å². The van der Waals surface area contributed by atoms with Crippen LogP contribution in [0.15, 0.2) is 207 Å². The van der Waals surface area contributed by atoms with E-state index in [1.807, 2.05) is 54.7 Å². The minimum atomic E-state index is -5.03. The molecule has 0 bridgehead atoms. The van der Waals surface area contributed by atoms with Crippen LogP contribution < -0.4 is 0 Å². The van der Waals surface area contributed by atoms with E-state index < -0.39 is 97.5 Å². The quantitative estimate of drug-likeness (QED) is 0.0169. The summed E-state index contributed by atoms with van der Waals surface area (Å²) in [5, 5.41) is 10.7. The number of hydrogen-bond acceptors (Lipinski definition) is 15. The van der Waals surface area contributed by atoms with Crippen LogP contribution in [0.2, 0.25) is 0 Å². The fraction of sp³-hybridized carbons (Fsp3) is 0.582. The van der Waals surface area contributed by atoms with Crippen LogP contribution in [-0.4, -0.2) is 96.7 Å². The molecule has 3 N–H and O–H groups in total. The van der Waals surface area contributed by atoms with Crippen LogP contribution in [0.25, 0.3) is 0 Å². The molecule has 620 valence electrons. The Balaban J connectivity index is 5.60. The lowest BCUT2D eigenvalue weighted by atomic mass is 10.0. The van der Waals surface area contributed by atoms with Crippen molar-refractivity contribution in [3.05, 3.63) is 207 Å². The Morgan fingerprint density at radius 2 is 0.491 bits per heavy atom. The first-order valence-corrected chi connectivity index (χ1v) is 44.3. The van der Waals surface area contributed by atoms with E-state index in [2.05, 4.69) is 180 Å².